The standard InChI is InChI=1S/C21H25N3O4/c1-13(2)19(22-14(3)25)21(27)23-16-11-9-15(10-12-16)20(26)24-17-7-5-6-8-18(17)28-4/h5-13,19H,1-4H3,(H,22,25)(H,23,27)(H,24,26). The lowest BCUT2D eigenvalue weighted by molar-refractivity contribution is -0.126. The molecule has 0 radical (unpaired) electrons. The fourth-order valence-corrected chi connectivity index (χ4v) is 2.62. The van der Waals surface area contributed by atoms with E-state index in [4.69, 9.17) is 4.74 Å². The van der Waals surface area contributed by atoms with Crippen LogP contribution in [0.2, 0.25) is 0 Å². The van der Waals surface area contributed by atoms with Gasteiger partial charge in [0.05, 0.1) is 12.8 Å². The summed E-state index contributed by atoms with van der Waals surface area (Å²) in [6.45, 7) is 5.08. The second-order valence-corrected chi connectivity index (χ2v) is 6.64. The van der Waals surface area contributed by atoms with Crippen LogP contribution in [0.5, 0.6) is 5.75 Å². The molecule has 0 aliphatic heterocycles. The van der Waals surface area contributed by atoms with Gasteiger partial charge in [-0.1, -0.05) is 26.0 Å². The third-order valence-electron chi connectivity index (χ3n) is 4.08. The molecule has 0 aliphatic carbocycles. The smallest absolute Gasteiger partial charge is 0.255 e. The average Bonchev–Trinajstić information content (AvgIpc) is 2.66. The number of hydrogen-bond acceptors (Lipinski definition) is 4. The first-order valence-electron chi connectivity index (χ1n) is 8.94. The Morgan fingerprint density at radius 3 is 2.14 bits per heavy atom. The zero-order valence-electron chi connectivity index (χ0n) is 16.4. The molecule has 1 atom stereocenters. The minimum Gasteiger partial charge on any atom is -0.495 e. The zero-order chi connectivity index (χ0) is 20.7. The number of carbonyl (C=O) groups is 3. The monoisotopic (exact) mass is 383 g/mol. The van der Waals surface area contributed by atoms with E-state index in [-0.39, 0.29) is 23.6 Å². The molecule has 0 heterocycles. The van der Waals surface area contributed by atoms with E-state index in [0.29, 0.717) is 22.7 Å². The lowest BCUT2D eigenvalue weighted by Gasteiger charge is -2.21. The minimum atomic E-state index is -0.633. The highest BCUT2D eigenvalue weighted by Gasteiger charge is 2.23. The van der Waals surface area contributed by atoms with Crippen molar-refractivity contribution in [2.24, 2.45) is 5.92 Å². The van der Waals surface area contributed by atoms with Crippen LogP contribution in [0.15, 0.2) is 48.5 Å². The predicted octanol–water partition coefficient (Wildman–Crippen LogP) is 3.05. The Hall–Kier alpha value is -3.35. The van der Waals surface area contributed by atoms with Gasteiger partial charge in [0.2, 0.25) is 11.8 Å². The summed E-state index contributed by atoms with van der Waals surface area (Å²) in [5.74, 6) is -0.360. The molecule has 0 aliphatic rings. The van der Waals surface area contributed by atoms with Gasteiger partial charge in [-0.3, -0.25) is 14.4 Å². The molecule has 2 aromatic rings. The molecule has 0 aromatic heterocycles. The molecule has 0 saturated heterocycles. The van der Waals surface area contributed by atoms with Crippen molar-refractivity contribution in [1.29, 1.82) is 0 Å². The van der Waals surface area contributed by atoms with E-state index in [2.05, 4.69) is 16.0 Å². The maximum absolute atomic E-state index is 12.4. The Morgan fingerprint density at radius 1 is 0.929 bits per heavy atom. The maximum atomic E-state index is 12.4. The van der Waals surface area contributed by atoms with E-state index in [1.807, 2.05) is 19.9 Å². The van der Waals surface area contributed by atoms with Crippen LogP contribution in [0.1, 0.15) is 31.1 Å². The summed E-state index contributed by atoms with van der Waals surface area (Å²) in [6.07, 6.45) is 0. The predicted molar refractivity (Wildman–Crippen MR) is 108 cm³/mol. The third-order valence-corrected chi connectivity index (χ3v) is 4.08. The van der Waals surface area contributed by atoms with E-state index in [9.17, 15) is 14.4 Å². The van der Waals surface area contributed by atoms with Gasteiger partial charge in [0.25, 0.3) is 5.91 Å². The summed E-state index contributed by atoms with van der Waals surface area (Å²) in [6, 6.07) is 13.0. The number of anilines is 2. The van der Waals surface area contributed by atoms with Gasteiger partial charge in [-0.25, -0.2) is 0 Å². The van der Waals surface area contributed by atoms with Gasteiger partial charge < -0.3 is 20.7 Å². The average molecular weight is 383 g/mol. The van der Waals surface area contributed by atoms with Crippen molar-refractivity contribution in [3.05, 3.63) is 54.1 Å². The number of benzene rings is 2. The Labute approximate surface area is 164 Å². The molecule has 0 spiro atoms. The second-order valence-electron chi connectivity index (χ2n) is 6.64. The molecule has 3 amide bonds. The second kappa shape index (κ2) is 9.55. The van der Waals surface area contributed by atoms with Crippen LogP contribution >= 0.6 is 0 Å². The van der Waals surface area contributed by atoms with Crippen molar-refractivity contribution in [2.75, 3.05) is 17.7 Å². The fourth-order valence-electron chi connectivity index (χ4n) is 2.62. The molecule has 0 bridgehead atoms. The van der Waals surface area contributed by atoms with Crippen molar-refractivity contribution in [3.8, 4) is 5.75 Å². The van der Waals surface area contributed by atoms with Gasteiger partial charge in [-0.15, -0.1) is 0 Å². The molecule has 2 aromatic carbocycles. The number of ether oxygens (including phenoxy) is 1. The van der Waals surface area contributed by atoms with E-state index in [1.54, 1.807) is 42.5 Å². The van der Waals surface area contributed by atoms with Crippen LogP contribution in [0.25, 0.3) is 0 Å². The highest BCUT2D eigenvalue weighted by Crippen LogP contribution is 2.24. The maximum Gasteiger partial charge on any atom is 0.255 e. The van der Waals surface area contributed by atoms with E-state index >= 15 is 0 Å². The Balaban J connectivity index is 2.05. The summed E-state index contributed by atoms with van der Waals surface area (Å²) >= 11 is 0. The number of methoxy groups -OCH3 is 1. The van der Waals surface area contributed by atoms with Crippen LogP contribution in [-0.2, 0) is 9.59 Å². The number of hydrogen-bond donors (Lipinski definition) is 3. The number of para-hydroxylation sites is 2. The number of rotatable bonds is 7. The summed E-state index contributed by atoms with van der Waals surface area (Å²) in [5.41, 5.74) is 1.54. The van der Waals surface area contributed by atoms with Crippen molar-refractivity contribution in [3.63, 3.8) is 0 Å². The van der Waals surface area contributed by atoms with E-state index in [1.165, 1.54) is 14.0 Å². The molecule has 0 saturated carbocycles. The highest BCUT2D eigenvalue weighted by molar-refractivity contribution is 6.05. The van der Waals surface area contributed by atoms with Gasteiger partial charge in [-0.05, 0) is 42.3 Å². The topological polar surface area (TPSA) is 96.5 Å². The number of nitrogens with one attached hydrogen (secondary N) is 3. The summed E-state index contributed by atoms with van der Waals surface area (Å²) in [5, 5.41) is 8.19. The molecule has 2 rings (SSSR count). The molecular formula is C21H25N3O4. The van der Waals surface area contributed by atoms with Gasteiger partial charge in [0.1, 0.15) is 11.8 Å². The van der Waals surface area contributed by atoms with Crippen LogP contribution in [0, 0.1) is 5.92 Å². The minimum absolute atomic E-state index is 0.0604. The van der Waals surface area contributed by atoms with Gasteiger partial charge in [0, 0.05) is 18.2 Å². The molecule has 28 heavy (non-hydrogen) atoms. The SMILES string of the molecule is COc1ccccc1NC(=O)c1ccc(NC(=O)C(NC(C)=O)C(C)C)cc1. The van der Waals surface area contributed by atoms with Gasteiger partial charge >= 0.3 is 0 Å². The first kappa shape index (κ1) is 21.0. The van der Waals surface area contributed by atoms with Crippen LogP contribution < -0.4 is 20.7 Å². The quantitative estimate of drug-likeness (QED) is 0.685. The lowest BCUT2D eigenvalue weighted by atomic mass is 10.0. The Bertz CT molecular complexity index is 847. The molecule has 148 valence electrons. The summed E-state index contributed by atoms with van der Waals surface area (Å²) in [4.78, 5) is 36.1. The molecule has 3 N–H and O–H groups in total. The summed E-state index contributed by atoms with van der Waals surface area (Å²) < 4.78 is 5.22. The van der Waals surface area contributed by atoms with Gasteiger partial charge in [0.15, 0.2) is 0 Å². The Morgan fingerprint density at radius 2 is 1.57 bits per heavy atom. The molecule has 7 heteroatoms. The first-order chi connectivity index (χ1) is 13.3. The first-order valence-corrected chi connectivity index (χ1v) is 8.94. The van der Waals surface area contributed by atoms with Crippen molar-refractivity contribution < 1.29 is 19.1 Å². The zero-order valence-corrected chi connectivity index (χ0v) is 16.4. The Kier molecular flexibility index (Phi) is 7.14. The van der Waals surface area contributed by atoms with E-state index in [0.717, 1.165) is 0 Å². The van der Waals surface area contributed by atoms with Crippen LogP contribution in [-0.4, -0.2) is 30.9 Å². The third kappa shape index (κ3) is 5.57. The van der Waals surface area contributed by atoms with Crippen molar-refractivity contribution >= 4 is 29.1 Å². The highest BCUT2D eigenvalue weighted by atomic mass is 16.5. The molecule has 1 unspecified atom stereocenters. The number of carbonyl (C=O) groups excluding carboxylic acids is 3. The lowest BCUT2D eigenvalue weighted by Crippen LogP contribution is -2.46. The van der Waals surface area contributed by atoms with Crippen molar-refractivity contribution in [1.82, 2.24) is 5.32 Å². The van der Waals surface area contributed by atoms with Crippen molar-refractivity contribution in [2.45, 2.75) is 26.8 Å². The number of amides is 3. The summed E-state index contributed by atoms with van der Waals surface area (Å²) in [7, 11) is 1.54. The largest absolute Gasteiger partial charge is 0.495 e. The van der Waals surface area contributed by atoms with Crippen LogP contribution in [0.4, 0.5) is 11.4 Å². The fraction of sp³-hybridized carbons (Fsp3) is 0.286. The van der Waals surface area contributed by atoms with Crippen LogP contribution in [0.3, 0.4) is 0 Å². The van der Waals surface area contributed by atoms with Gasteiger partial charge in [-0.2, -0.15) is 0 Å². The normalized spacial score (nSPS) is 11.5. The molecule has 7 nitrogen and oxygen atoms in total. The molecular weight excluding hydrogens is 358 g/mol. The van der Waals surface area contributed by atoms with E-state index < -0.39 is 6.04 Å². The molecule has 0 fully saturated rings.